The molecule has 0 saturated carbocycles. The SMILES string of the molecule is c1ccc(-c2cccc(-n3c4ccccc4c4ccc5c6cccc7c6n(c6cccc8c9ccc%10c%11ccccc%11n(-c%11cccc(-c%12ccccc%12)n%11)c%10c9n7c86)c5c43)n2)cc1. The first-order chi connectivity index (χ1) is 31.8. The van der Waals surface area contributed by atoms with Crippen molar-refractivity contribution in [3.63, 3.8) is 0 Å². The van der Waals surface area contributed by atoms with E-state index in [-0.39, 0.29) is 0 Å². The van der Waals surface area contributed by atoms with Gasteiger partial charge in [0.1, 0.15) is 11.6 Å². The minimum atomic E-state index is 0.890. The minimum absolute atomic E-state index is 0.890. The molecule has 0 unspecified atom stereocenters. The molecule has 0 atom stereocenters. The summed E-state index contributed by atoms with van der Waals surface area (Å²) in [5.41, 5.74) is 15.7. The van der Waals surface area contributed by atoms with Crippen LogP contribution in [0.4, 0.5) is 0 Å². The Morgan fingerprint density at radius 2 is 0.578 bits per heavy atom. The van der Waals surface area contributed by atoms with Crippen molar-refractivity contribution in [3.8, 4) is 34.2 Å². The van der Waals surface area contributed by atoms with Gasteiger partial charge in [0.2, 0.25) is 0 Å². The summed E-state index contributed by atoms with van der Waals surface area (Å²) in [7, 11) is 0. The molecule has 15 rings (SSSR count). The van der Waals surface area contributed by atoms with Crippen LogP contribution in [0.15, 0.2) is 206 Å². The molecule has 0 spiro atoms. The number of hydrogen-bond acceptors (Lipinski definition) is 2. The van der Waals surface area contributed by atoms with Crippen molar-refractivity contribution in [1.82, 2.24) is 27.9 Å². The van der Waals surface area contributed by atoms with Crippen LogP contribution in [-0.4, -0.2) is 27.9 Å². The molecule has 7 heterocycles. The zero-order chi connectivity index (χ0) is 41.6. The van der Waals surface area contributed by atoms with E-state index in [9.17, 15) is 0 Å². The highest BCUT2D eigenvalue weighted by Gasteiger charge is 2.27. The van der Waals surface area contributed by atoms with Gasteiger partial charge in [-0.15, -0.1) is 0 Å². The number of para-hydroxylation sites is 4. The quantitative estimate of drug-likeness (QED) is 0.166. The third kappa shape index (κ3) is 4.33. The Kier molecular flexibility index (Phi) is 6.59. The number of rotatable bonds is 4. The van der Waals surface area contributed by atoms with Crippen LogP contribution >= 0.6 is 0 Å². The van der Waals surface area contributed by atoms with Gasteiger partial charge in [-0.3, -0.25) is 9.13 Å². The number of benzene rings is 8. The Balaban J connectivity index is 1.12. The van der Waals surface area contributed by atoms with Crippen molar-refractivity contribution in [3.05, 3.63) is 206 Å². The molecule has 0 amide bonds. The molecule has 0 radical (unpaired) electrons. The predicted molar refractivity (Wildman–Crippen MR) is 265 cm³/mol. The molecule has 7 aromatic heterocycles. The van der Waals surface area contributed by atoms with Gasteiger partial charge in [-0.2, -0.15) is 0 Å². The summed E-state index contributed by atoms with van der Waals surface area (Å²) >= 11 is 0. The van der Waals surface area contributed by atoms with Crippen molar-refractivity contribution in [2.75, 3.05) is 0 Å². The molecule has 64 heavy (non-hydrogen) atoms. The van der Waals surface area contributed by atoms with Gasteiger partial charge in [0.05, 0.1) is 66.6 Å². The zero-order valence-corrected chi connectivity index (χ0v) is 34.3. The van der Waals surface area contributed by atoms with Crippen LogP contribution in [-0.2, 0) is 0 Å². The number of fused-ring (bicyclic) bond motifs is 16. The fourth-order valence-corrected chi connectivity index (χ4v) is 11.1. The Morgan fingerprint density at radius 3 is 1.03 bits per heavy atom. The van der Waals surface area contributed by atoms with Crippen LogP contribution in [0.25, 0.3) is 132 Å². The first-order valence-electron chi connectivity index (χ1n) is 21.9. The van der Waals surface area contributed by atoms with E-state index < -0.39 is 0 Å². The monoisotopic (exact) mass is 814 g/mol. The highest BCUT2D eigenvalue weighted by Crippen LogP contribution is 2.47. The second-order valence-electron chi connectivity index (χ2n) is 16.9. The summed E-state index contributed by atoms with van der Waals surface area (Å²) in [6.45, 7) is 0. The highest BCUT2D eigenvalue weighted by molar-refractivity contribution is 6.30. The molecule has 296 valence electrons. The molecular formula is C58H34N6. The van der Waals surface area contributed by atoms with E-state index in [1.54, 1.807) is 0 Å². The van der Waals surface area contributed by atoms with Gasteiger partial charge in [-0.25, -0.2) is 9.97 Å². The highest BCUT2D eigenvalue weighted by atomic mass is 15.1. The van der Waals surface area contributed by atoms with Gasteiger partial charge in [-0.05, 0) is 48.5 Å². The smallest absolute Gasteiger partial charge is 0.138 e. The summed E-state index contributed by atoms with van der Waals surface area (Å²) in [6, 6.07) is 74.3. The fraction of sp³-hybridized carbons (Fsp3) is 0. The maximum atomic E-state index is 5.38. The Morgan fingerprint density at radius 1 is 0.234 bits per heavy atom. The lowest BCUT2D eigenvalue weighted by molar-refractivity contribution is 1.08. The van der Waals surface area contributed by atoms with Crippen LogP contribution in [0.1, 0.15) is 0 Å². The first-order valence-corrected chi connectivity index (χ1v) is 21.9. The molecule has 0 aliphatic carbocycles. The van der Waals surface area contributed by atoms with E-state index in [1.807, 2.05) is 0 Å². The van der Waals surface area contributed by atoms with Gasteiger partial charge in [0, 0.05) is 54.2 Å². The Bertz CT molecular complexity index is 4130. The maximum absolute atomic E-state index is 5.38. The molecular weight excluding hydrogens is 781 g/mol. The van der Waals surface area contributed by atoms with Gasteiger partial charge >= 0.3 is 0 Å². The van der Waals surface area contributed by atoms with Crippen LogP contribution in [0.2, 0.25) is 0 Å². The van der Waals surface area contributed by atoms with Crippen molar-refractivity contribution in [2.24, 2.45) is 0 Å². The van der Waals surface area contributed by atoms with Gasteiger partial charge < -0.3 is 8.80 Å². The van der Waals surface area contributed by atoms with Gasteiger partial charge in [-0.1, -0.05) is 158 Å². The molecule has 0 aliphatic rings. The Hall–Kier alpha value is -8.74. The molecule has 8 aromatic carbocycles. The lowest BCUT2D eigenvalue weighted by Gasteiger charge is -2.14. The molecule has 0 aliphatic heterocycles. The summed E-state index contributed by atoms with van der Waals surface area (Å²) in [5, 5.41) is 9.65. The van der Waals surface area contributed by atoms with Crippen molar-refractivity contribution < 1.29 is 0 Å². The summed E-state index contributed by atoms with van der Waals surface area (Å²) in [5.74, 6) is 1.78. The predicted octanol–water partition coefficient (Wildman–Crippen LogP) is 14.6. The third-order valence-electron chi connectivity index (χ3n) is 13.7. The van der Waals surface area contributed by atoms with E-state index in [2.05, 4.69) is 224 Å². The molecule has 6 heteroatoms. The largest absolute Gasteiger partial charge is 0.303 e. The second-order valence-corrected chi connectivity index (χ2v) is 16.9. The topological polar surface area (TPSA) is 44.5 Å². The van der Waals surface area contributed by atoms with E-state index in [4.69, 9.17) is 9.97 Å². The van der Waals surface area contributed by atoms with E-state index in [0.717, 1.165) is 67.3 Å². The third-order valence-corrected chi connectivity index (χ3v) is 13.7. The second kappa shape index (κ2) is 12.4. The van der Waals surface area contributed by atoms with Crippen molar-refractivity contribution in [1.29, 1.82) is 0 Å². The summed E-state index contributed by atoms with van der Waals surface area (Å²) in [4.78, 5) is 10.8. The number of aromatic nitrogens is 6. The molecule has 0 bridgehead atoms. The number of pyridine rings is 2. The molecule has 0 fully saturated rings. The number of nitrogens with zero attached hydrogens (tertiary/aromatic N) is 6. The van der Waals surface area contributed by atoms with Gasteiger partial charge in [0.15, 0.2) is 0 Å². The van der Waals surface area contributed by atoms with Crippen LogP contribution in [0, 0.1) is 0 Å². The van der Waals surface area contributed by atoms with Crippen LogP contribution < -0.4 is 0 Å². The molecule has 15 aromatic rings. The van der Waals surface area contributed by atoms with Crippen LogP contribution in [0.5, 0.6) is 0 Å². The molecule has 0 saturated heterocycles. The lowest BCUT2D eigenvalue weighted by Crippen LogP contribution is -2.02. The summed E-state index contributed by atoms with van der Waals surface area (Å²) < 4.78 is 9.89. The van der Waals surface area contributed by atoms with Gasteiger partial charge in [0.25, 0.3) is 0 Å². The maximum Gasteiger partial charge on any atom is 0.138 e. The summed E-state index contributed by atoms with van der Waals surface area (Å²) in [6.07, 6.45) is 0. The fourth-order valence-electron chi connectivity index (χ4n) is 11.1. The minimum Gasteiger partial charge on any atom is -0.303 e. The van der Waals surface area contributed by atoms with Crippen molar-refractivity contribution >= 4 is 98.3 Å². The first kappa shape index (κ1) is 33.9. The Labute approximate surface area is 365 Å². The lowest BCUT2D eigenvalue weighted by atomic mass is 10.1. The van der Waals surface area contributed by atoms with E-state index in [0.29, 0.717) is 0 Å². The normalized spacial score (nSPS) is 12.4. The number of hydrogen-bond donors (Lipinski definition) is 0. The van der Waals surface area contributed by atoms with E-state index in [1.165, 1.54) is 65.2 Å². The van der Waals surface area contributed by atoms with Crippen LogP contribution in [0.3, 0.4) is 0 Å². The molecule has 6 nitrogen and oxygen atoms in total. The average Bonchev–Trinajstić information content (AvgIpc) is 4.10. The standard InChI is InChI=1S/C58H34N6/c1-3-15-35(16-4-1)45-23-13-29-51(59-45)61-47-25-9-7-19-37(47)41-31-33-43-39-21-11-28-50-53(39)63(57(43)55(41)61)49-27-12-22-40-44-34-32-42-38-20-8-10-26-48(38)62(56(42)58(44)64(50)54(40)49)52-30-14-24-46(60-52)36-17-5-2-6-18-36/h1-34H. The molecule has 0 N–H and O–H groups in total. The zero-order valence-electron chi connectivity index (χ0n) is 34.3. The van der Waals surface area contributed by atoms with E-state index >= 15 is 0 Å². The average molecular weight is 815 g/mol. The van der Waals surface area contributed by atoms with Crippen molar-refractivity contribution in [2.45, 2.75) is 0 Å².